The van der Waals surface area contributed by atoms with Gasteiger partial charge in [-0.15, -0.1) is 0 Å². The standard InChI is InChI=1S/C18H11ClN4O4/c19-12-7-8-22-14(10-20-16(22)9-12)11-1-3-13(4-2-11)21-18(24)15-5-6-17(27-15)23(25)26/h1-10H,(H,21,24). The molecule has 8 nitrogen and oxygen atoms in total. The summed E-state index contributed by atoms with van der Waals surface area (Å²) >= 11 is 5.97. The Hall–Kier alpha value is -3.65. The van der Waals surface area contributed by atoms with E-state index >= 15 is 0 Å². The second kappa shape index (κ2) is 6.58. The van der Waals surface area contributed by atoms with Crippen molar-refractivity contribution in [3.8, 4) is 11.3 Å². The van der Waals surface area contributed by atoms with Gasteiger partial charge in [0.05, 0.1) is 18.0 Å². The van der Waals surface area contributed by atoms with Crippen LogP contribution in [0.3, 0.4) is 0 Å². The van der Waals surface area contributed by atoms with Gasteiger partial charge in [-0.2, -0.15) is 0 Å². The fourth-order valence-corrected chi connectivity index (χ4v) is 2.79. The molecule has 1 N–H and O–H groups in total. The highest BCUT2D eigenvalue weighted by atomic mass is 35.5. The van der Waals surface area contributed by atoms with E-state index in [0.29, 0.717) is 10.7 Å². The first-order valence-corrected chi connectivity index (χ1v) is 8.18. The number of halogens is 1. The Morgan fingerprint density at radius 1 is 1.19 bits per heavy atom. The Balaban J connectivity index is 1.54. The summed E-state index contributed by atoms with van der Waals surface area (Å²) in [6.45, 7) is 0. The summed E-state index contributed by atoms with van der Waals surface area (Å²) < 4.78 is 6.79. The third-order valence-corrected chi connectivity index (χ3v) is 4.14. The first-order chi connectivity index (χ1) is 13.0. The van der Waals surface area contributed by atoms with Gasteiger partial charge in [-0.25, -0.2) is 4.98 Å². The highest BCUT2D eigenvalue weighted by molar-refractivity contribution is 6.30. The molecule has 9 heteroatoms. The summed E-state index contributed by atoms with van der Waals surface area (Å²) in [5, 5.41) is 13.9. The first kappa shape index (κ1) is 16.8. The van der Waals surface area contributed by atoms with E-state index in [-0.39, 0.29) is 5.76 Å². The molecule has 4 rings (SSSR count). The van der Waals surface area contributed by atoms with E-state index in [1.165, 1.54) is 6.07 Å². The van der Waals surface area contributed by atoms with Gasteiger partial charge in [0.1, 0.15) is 10.6 Å². The zero-order chi connectivity index (χ0) is 19.0. The van der Waals surface area contributed by atoms with Gasteiger partial charge in [0.15, 0.2) is 5.76 Å². The van der Waals surface area contributed by atoms with Crippen LogP contribution in [-0.4, -0.2) is 20.2 Å². The normalized spacial score (nSPS) is 10.9. The molecule has 0 atom stereocenters. The molecule has 0 unspecified atom stereocenters. The number of furan rings is 1. The van der Waals surface area contributed by atoms with Crippen molar-refractivity contribution in [2.75, 3.05) is 5.32 Å². The number of anilines is 1. The maximum Gasteiger partial charge on any atom is 0.433 e. The largest absolute Gasteiger partial charge is 0.433 e. The Labute approximate surface area is 157 Å². The second-order valence-electron chi connectivity index (χ2n) is 5.64. The number of aromatic nitrogens is 2. The number of nitrogens with one attached hydrogen (secondary N) is 1. The van der Waals surface area contributed by atoms with Crippen LogP contribution < -0.4 is 5.32 Å². The van der Waals surface area contributed by atoms with Crippen LogP contribution in [0.25, 0.3) is 16.9 Å². The summed E-state index contributed by atoms with van der Waals surface area (Å²) in [4.78, 5) is 26.4. The number of rotatable bonds is 4. The number of nitrogens with zero attached hydrogens (tertiary/aromatic N) is 3. The molecule has 0 spiro atoms. The van der Waals surface area contributed by atoms with Crippen molar-refractivity contribution in [3.63, 3.8) is 0 Å². The number of benzene rings is 1. The van der Waals surface area contributed by atoms with Crippen molar-refractivity contribution < 1.29 is 14.1 Å². The van der Waals surface area contributed by atoms with Crippen LogP contribution in [-0.2, 0) is 0 Å². The molecule has 27 heavy (non-hydrogen) atoms. The average Bonchev–Trinajstić information content (AvgIpc) is 3.29. The van der Waals surface area contributed by atoms with E-state index in [9.17, 15) is 14.9 Å². The minimum atomic E-state index is -0.700. The number of carbonyl (C=O) groups excluding carboxylic acids is 1. The van der Waals surface area contributed by atoms with Crippen molar-refractivity contribution in [2.45, 2.75) is 0 Å². The summed E-state index contributed by atoms with van der Waals surface area (Å²) in [5.41, 5.74) is 3.03. The lowest BCUT2D eigenvalue weighted by Crippen LogP contribution is -2.10. The van der Waals surface area contributed by atoms with Crippen molar-refractivity contribution in [1.29, 1.82) is 0 Å². The molecular formula is C18H11ClN4O4. The molecule has 0 bridgehead atoms. The SMILES string of the molecule is O=C(Nc1ccc(-c2cnc3cc(Cl)ccn23)cc1)c1ccc([N+](=O)[O-])o1. The number of hydrogen-bond acceptors (Lipinski definition) is 5. The number of imidazole rings is 1. The lowest BCUT2D eigenvalue weighted by Gasteiger charge is -2.06. The lowest BCUT2D eigenvalue weighted by atomic mass is 10.1. The smallest absolute Gasteiger partial charge is 0.395 e. The average molecular weight is 383 g/mol. The number of amides is 1. The summed E-state index contributed by atoms with van der Waals surface area (Å²) in [7, 11) is 0. The molecule has 0 aliphatic rings. The Bertz CT molecular complexity index is 1160. The molecule has 0 saturated carbocycles. The van der Waals surface area contributed by atoms with Crippen LogP contribution in [0.1, 0.15) is 10.6 Å². The monoisotopic (exact) mass is 382 g/mol. The molecule has 0 aliphatic carbocycles. The molecule has 0 radical (unpaired) electrons. The van der Waals surface area contributed by atoms with Gasteiger partial charge in [0.25, 0.3) is 5.91 Å². The first-order valence-electron chi connectivity index (χ1n) is 7.80. The zero-order valence-corrected chi connectivity index (χ0v) is 14.4. The molecule has 3 aromatic heterocycles. The van der Waals surface area contributed by atoms with E-state index in [4.69, 9.17) is 16.0 Å². The van der Waals surface area contributed by atoms with Crippen LogP contribution in [0.2, 0.25) is 5.02 Å². The molecule has 0 saturated heterocycles. The number of carbonyl (C=O) groups is 1. The molecular weight excluding hydrogens is 372 g/mol. The molecule has 1 amide bonds. The number of fused-ring (bicyclic) bond motifs is 1. The third kappa shape index (κ3) is 3.25. The highest BCUT2D eigenvalue weighted by Gasteiger charge is 2.17. The predicted molar refractivity (Wildman–Crippen MR) is 99.0 cm³/mol. The van der Waals surface area contributed by atoms with E-state index < -0.39 is 16.7 Å². The van der Waals surface area contributed by atoms with Crippen molar-refractivity contribution in [2.24, 2.45) is 0 Å². The van der Waals surface area contributed by atoms with Gasteiger partial charge in [0, 0.05) is 28.5 Å². The Kier molecular flexibility index (Phi) is 4.09. The van der Waals surface area contributed by atoms with Crippen LogP contribution in [0.5, 0.6) is 0 Å². The highest BCUT2D eigenvalue weighted by Crippen LogP contribution is 2.24. The van der Waals surface area contributed by atoms with E-state index in [2.05, 4.69) is 10.3 Å². The minimum Gasteiger partial charge on any atom is -0.395 e. The van der Waals surface area contributed by atoms with Crippen LogP contribution in [0.4, 0.5) is 11.6 Å². The molecule has 4 aromatic rings. The van der Waals surface area contributed by atoms with E-state index in [0.717, 1.165) is 23.0 Å². The van der Waals surface area contributed by atoms with Crippen LogP contribution in [0, 0.1) is 10.1 Å². The van der Waals surface area contributed by atoms with Gasteiger partial charge in [0.2, 0.25) is 0 Å². The minimum absolute atomic E-state index is 0.135. The van der Waals surface area contributed by atoms with Crippen molar-refractivity contribution in [1.82, 2.24) is 9.38 Å². The zero-order valence-electron chi connectivity index (χ0n) is 13.6. The van der Waals surface area contributed by atoms with Crippen molar-refractivity contribution >= 4 is 34.7 Å². The molecule has 0 aliphatic heterocycles. The summed E-state index contributed by atoms with van der Waals surface area (Å²) in [6, 6.07) is 13.0. The fraction of sp³-hybridized carbons (Fsp3) is 0. The van der Waals surface area contributed by atoms with Gasteiger partial charge in [-0.3, -0.25) is 19.3 Å². The number of hydrogen-bond donors (Lipinski definition) is 1. The molecule has 1 aromatic carbocycles. The fourth-order valence-electron chi connectivity index (χ4n) is 2.63. The molecule has 3 heterocycles. The molecule has 134 valence electrons. The summed E-state index contributed by atoms with van der Waals surface area (Å²) in [5.74, 6) is -1.19. The molecule has 0 fully saturated rings. The Morgan fingerprint density at radius 2 is 1.96 bits per heavy atom. The van der Waals surface area contributed by atoms with Gasteiger partial charge in [-0.1, -0.05) is 23.7 Å². The lowest BCUT2D eigenvalue weighted by molar-refractivity contribution is -0.402. The van der Waals surface area contributed by atoms with Crippen molar-refractivity contribution in [3.05, 3.63) is 81.8 Å². The predicted octanol–water partition coefficient (Wildman–Crippen LogP) is 4.41. The van der Waals surface area contributed by atoms with Crippen LogP contribution >= 0.6 is 11.6 Å². The Morgan fingerprint density at radius 3 is 2.67 bits per heavy atom. The van der Waals surface area contributed by atoms with Gasteiger partial charge >= 0.3 is 5.88 Å². The second-order valence-corrected chi connectivity index (χ2v) is 6.08. The number of pyridine rings is 1. The summed E-state index contributed by atoms with van der Waals surface area (Å²) in [6.07, 6.45) is 3.57. The van der Waals surface area contributed by atoms with E-state index in [1.54, 1.807) is 30.5 Å². The van der Waals surface area contributed by atoms with E-state index in [1.807, 2.05) is 22.7 Å². The number of nitro groups is 1. The maximum absolute atomic E-state index is 12.1. The third-order valence-electron chi connectivity index (χ3n) is 3.91. The maximum atomic E-state index is 12.1. The van der Waals surface area contributed by atoms with Gasteiger partial charge in [-0.05, 0) is 24.3 Å². The topological polar surface area (TPSA) is 103 Å². The van der Waals surface area contributed by atoms with Gasteiger partial charge < -0.3 is 9.73 Å². The van der Waals surface area contributed by atoms with Crippen LogP contribution in [0.15, 0.2) is 65.3 Å². The quantitative estimate of drug-likeness (QED) is 0.416.